The van der Waals surface area contributed by atoms with Crippen molar-refractivity contribution in [2.75, 3.05) is 18.8 Å². The van der Waals surface area contributed by atoms with Crippen molar-refractivity contribution < 1.29 is 31.2 Å². The first kappa shape index (κ1) is 24.9. The van der Waals surface area contributed by atoms with Gasteiger partial charge < -0.3 is 10.6 Å². The molecule has 0 radical (unpaired) electrons. The Balaban J connectivity index is 1.61. The summed E-state index contributed by atoms with van der Waals surface area (Å²) < 4.78 is 64.7. The number of amides is 2. The molecule has 0 unspecified atom stereocenters. The van der Waals surface area contributed by atoms with E-state index in [2.05, 4.69) is 20.7 Å². The molecule has 0 spiro atoms. The van der Waals surface area contributed by atoms with Crippen LogP contribution >= 0.6 is 0 Å². The zero-order valence-electron chi connectivity index (χ0n) is 17.8. The molecule has 2 N–H and O–H groups in total. The summed E-state index contributed by atoms with van der Waals surface area (Å²) in [7, 11) is -3.50. The second kappa shape index (κ2) is 10.0. The fourth-order valence-electron chi connectivity index (χ4n) is 2.86. The number of nitrogens with one attached hydrogen (secondary N) is 2. The molecule has 0 fully saturated rings. The second-order valence-corrected chi connectivity index (χ2v) is 9.19. The number of para-hydroxylation sites is 1. The van der Waals surface area contributed by atoms with Crippen molar-refractivity contribution in [1.82, 2.24) is 25.4 Å². The third-order valence-corrected chi connectivity index (χ3v) is 6.28. The number of benzene rings is 1. The van der Waals surface area contributed by atoms with Crippen LogP contribution in [0.2, 0.25) is 0 Å². The number of sulfone groups is 1. The summed E-state index contributed by atoms with van der Waals surface area (Å²) in [4.78, 5) is 28.3. The van der Waals surface area contributed by atoms with Gasteiger partial charge in [-0.15, -0.1) is 0 Å². The smallest absolute Gasteiger partial charge is 0.350 e. The lowest BCUT2D eigenvalue weighted by Crippen LogP contribution is -2.35. The summed E-state index contributed by atoms with van der Waals surface area (Å²) in [5.74, 6) is -1.72. The molecule has 34 heavy (non-hydrogen) atoms. The minimum Gasteiger partial charge on any atom is -0.350 e. The lowest BCUT2D eigenvalue weighted by Gasteiger charge is -2.08. The van der Waals surface area contributed by atoms with Gasteiger partial charge in [0.15, 0.2) is 20.6 Å². The SMILES string of the molecule is CCS(=O)(=O)c1ccc(C(=O)NCCNC(=O)c2cn(-c3ccccc3)nc2C(F)(F)F)cn1. The molecule has 0 atom stereocenters. The highest BCUT2D eigenvalue weighted by atomic mass is 32.2. The van der Waals surface area contributed by atoms with Gasteiger partial charge in [-0.2, -0.15) is 18.3 Å². The van der Waals surface area contributed by atoms with Crippen molar-refractivity contribution in [3.8, 4) is 5.69 Å². The van der Waals surface area contributed by atoms with Crippen molar-refractivity contribution in [1.29, 1.82) is 0 Å². The van der Waals surface area contributed by atoms with E-state index in [1.54, 1.807) is 30.3 Å². The van der Waals surface area contributed by atoms with Crippen LogP contribution in [0.4, 0.5) is 13.2 Å². The molecule has 1 aromatic carbocycles. The topological polar surface area (TPSA) is 123 Å². The average Bonchev–Trinajstić information content (AvgIpc) is 3.29. The highest BCUT2D eigenvalue weighted by Gasteiger charge is 2.39. The Hall–Kier alpha value is -3.74. The predicted molar refractivity (Wildman–Crippen MR) is 115 cm³/mol. The molecule has 9 nitrogen and oxygen atoms in total. The second-order valence-electron chi connectivity index (χ2n) is 6.97. The predicted octanol–water partition coefficient (Wildman–Crippen LogP) is 2.24. The lowest BCUT2D eigenvalue weighted by atomic mass is 10.2. The maximum absolute atomic E-state index is 13.4. The van der Waals surface area contributed by atoms with Gasteiger partial charge in [-0.3, -0.25) is 9.59 Å². The third-order valence-electron chi connectivity index (χ3n) is 4.64. The molecule has 0 aliphatic heterocycles. The Labute approximate surface area is 192 Å². The number of nitrogens with zero attached hydrogens (tertiary/aromatic N) is 3. The zero-order chi connectivity index (χ0) is 24.9. The molecule has 0 bridgehead atoms. The van der Waals surface area contributed by atoms with Crippen LogP contribution in [0.5, 0.6) is 0 Å². The molecule has 0 aliphatic rings. The molecule has 0 aliphatic carbocycles. The minimum absolute atomic E-state index is 0.0878. The van der Waals surface area contributed by atoms with Gasteiger partial charge in [0, 0.05) is 25.5 Å². The van der Waals surface area contributed by atoms with E-state index in [4.69, 9.17) is 0 Å². The van der Waals surface area contributed by atoms with Gasteiger partial charge in [0.1, 0.15) is 0 Å². The number of hydrogen-bond acceptors (Lipinski definition) is 6. The first-order chi connectivity index (χ1) is 16.0. The van der Waals surface area contributed by atoms with Gasteiger partial charge in [-0.05, 0) is 24.3 Å². The Kier molecular flexibility index (Phi) is 7.35. The molecular weight excluding hydrogens is 475 g/mol. The summed E-state index contributed by atoms with van der Waals surface area (Å²) >= 11 is 0. The fraction of sp³-hybridized carbons (Fsp3) is 0.238. The highest BCUT2D eigenvalue weighted by molar-refractivity contribution is 7.91. The number of aromatic nitrogens is 3. The van der Waals surface area contributed by atoms with Crippen LogP contribution < -0.4 is 10.6 Å². The molecule has 2 amide bonds. The van der Waals surface area contributed by atoms with Gasteiger partial charge in [-0.1, -0.05) is 25.1 Å². The number of rotatable bonds is 8. The minimum atomic E-state index is -4.84. The van der Waals surface area contributed by atoms with E-state index in [1.165, 1.54) is 19.1 Å². The van der Waals surface area contributed by atoms with Crippen LogP contribution in [0.3, 0.4) is 0 Å². The summed E-state index contributed by atoms with van der Waals surface area (Å²) in [6, 6.07) is 10.5. The van der Waals surface area contributed by atoms with Gasteiger partial charge >= 0.3 is 6.18 Å². The van der Waals surface area contributed by atoms with E-state index >= 15 is 0 Å². The van der Waals surface area contributed by atoms with Crippen LogP contribution in [0, 0.1) is 0 Å². The summed E-state index contributed by atoms with van der Waals surface area (Å²) in [5.41, 5.74) is -1.54. The van der Waals surface area contributed by atoms with E-state index in [0.29, 0.717) is 5.69 Å². The van der Waals surface area contributed by atoms with E-state index in [9.17, 15) is 31.2 Å². The van der Waals surface area contributed by atoms with Crippen LogP contribution in [0.25, 0.3) is 5.69 Å². The van der Waals surface area contributed by atoms with Crippen molar-refractivity contribution >= 4 is 21.7 Å². The number of hydrogen-bond donors (Lipinski definition) is 2. The Morgan fingerprint density at radius 2 is 1.65 bits per heavy atom. The fourth-order valence-corrected chi connectivity index (χ4v) is 3.64. The maximum atomic E-state index is 13.4. The summed E-state index contributed by atoms with van der Waals surface area (Å²) in [6.07, 6.45) is -2.75. The largest absolute Gasteiger partial charge is 0.435 e. The summed E-state index contributed by atoms with van der Waals surface area (Å²) in [5, 5.41) is 8.14. The van der Waals surface area contributed by atoms with E-state index in [1.807, 2.05) is 0 Å². The Morgan fingerprint density at radius 3 is 2.21 bits per heavy atom. The quantitative estimate of drug-likeness (QED) is 0.462. The normalized spacial score (nSPS) is 11.8. The van der Waals surface area contributed by atoms with Crippen molar-refractivity contribution in [2.24, 2.45) is 0 Å². The van der Waals surface area contributed by atoms with Gasteiger partial charge in [0.05, 0.1) is 22.6 Å². The third kappa shape index (κ3) is 5.78. The lowest BCUT2D eigenvalue weighted by molar-refractivity contribution is -0.141. The van der Waals surface area contributed by atoms with Crippen LogP contribution in [-0.2, 0) is 16.0 Å². The van der Waals surface area contributed by atoms with Crippen molar-refractivity contribution in [3.63, 3.8) is 0 Å². The first-order valence-electron chi connectivity index (χ1n) is 10.0. The highest BCUT2D eigenvalue weighted by Crippen LogP contribution is 2.31. The van der Waals surface area contributed by atoms with Crippen molar-refractivity contribution in [3.05, 3.63) is 71.7 Å². The molecule has 13 heteroatoms. The molecule has 0 saturated heterocycles. The Morgan fingerprint density at radius 1 is 1.00 bits per heavy atom. The first-order valence-corrected chi connectivity index (χ1v) is 11.7. The molecule has 180 valence electrons. The molecule has 3 rings (SSSR count). The van der Waals surface area contributed by atoms with Gasteiger partial charge in [-0.25, -0.2) is 18.1 Å². The van der Waals surface area contributed by atoms with Gasteiger partial charge in [0.25, 0.3) is 11.8 Å². The molecule has 2 heterocycles. The van der Waals surface area contributed by atoms with Crippen LogP contribution in [-0.4, -0.2) is 53.8 Å². The number of pyridine rings is 1. The molecule has 0 saturated carbocycles. The average molecular weight is 495 g/mol. The monoisotopic (exact) mass is 495 g/mol. The molecule has 2 aromatic heterocycles. The van der Waals surface area contributed by atoms with Crippen molar-refractivity contribution in [2.45, 2.75) is 18.1 Å². The van der Waals surface area contributed by atoms with Crippen LogP contribution in [0.1, 0.15) is 33.3 Å². The number of alkyl halides is 3. The molecule has 3 aromatic rings. The van der Waals surface area contributed by atoms with Gasteiger partial charge in [0.2, 0.25) is 0 Å². The zero-order valence-corrected chi connectivity index (χ0v) is 18.7. The van der Waals surface area contributed by atoms with E-state index < -0.39 is 39.1 Å². The Bertz CT molecular complexity index is 1270. The summed E-state index contributed by atoms with van der Waals surface area (Å²) in [6.45, 7) is 1.22. The van der Waals surface area contributed by atoms with Crippen LogP contribution in [0.15, 0.2) is 59.9 Å². The standard InChI is InChI=1S/C21H20F3N5O4S/c1-2-34(32,33)17-9-8-14(12-27-17)19(30)25-10-11-26-20(31)16-13-29(15-6-4-3-5-7-15)28-18(16)21(22,23)24/h3-9,12-13H,2,10-11H2,1H3,(H,25,30)(H,26,31). The van der Waals surface area contributed by atoms with E-state index in [0.717, 1.165) is 17.1 Å². The number of carbonyl (C=O) groups excluding carboxylic acids is 2. The maximum Gasteiger partial charge on any atom is 0.435 e. The number of halogens is 3. The van der Waals surface area contributed by atoms with E-state index in [-0.39, 0.29) is 29.4 Å². The molecular formula is C21H20F3N5O4S. The number of carbonyl (C=O) groups is 2.